The molecule has 6 aromatic rings. The number of hydrogen-bond acceptors (Lipinski definition) is 6. The lowest BCUT2D eigenvalue weighted by Gasteiger charge is -2.52. The molecule has 2 heterocycles. The number of carbonyl (C=O) groups excluding carboxylic acids is 2. The van der Waals surface area contributed by atoms with Crippen LogP contribution in [0.1, 0.15) is 28.2 Å². The van der Waals surface area contributed by atoms with Crippen molar-refractivity contribution >= 4 is 61.2 Å². The number of imide groups is 1. The number of aromatic nitrogens is 1. The van der Waals surface area contributed by atoms with E-state index in [4.69, 9.17) is 5.10 Å². The lowest BCUT2D eigenvalue weighted by Crippen LogP contribution is -2.54. The first-order valence-electron chi connectivity index (χ1n) is 14.4. The number of hydrazone groups is 1. The number of rotatable bonds is 4. The molecular formula is C36H24N4O2S. The van der Waals surface area contributed by atoms with Crippen molar-refractivity contribution in [3.05, 3.63) is 138 Å². The summed E-state index contributed by atoms with van der Waals surface area (Å²) in [5.74, 6) is -1.76. The van der Waals surface area contributed by atoms with Crippen LogP contribution in [0.5, 0.6) is 0 Å². The summed E-state index contributed by atoms with van der Waals surface area (Å²) in [7, 11) is 0. The highest BCUT2D eigenvalue weighted by Gasteiger charge is 2.68. The van der Waals surface area contributed by atoms with Crippen LogP contribution < -0.4 is 10.3 Å². The molecule has 1 aromatic heterocycles. The fourth-order valence-corrected chi connectivity index (χ4v) is 8.62. The zero-order valence-electron chi connectivity index (χ0n) is 22.8. The third kappa shape index (κ3) is 3.22. The van der Waals surface area contributed by atoms with E-state index >= 15 is 0 Å². The third-order valence-corrected chi connectivity index (χ3v) is 10.4. The van der Waals surface area contributed by atoms with Crippen molar-refractivity contribution < 1.29 is 9.59 Å². The molecule has 2 bridgehead atoms. The molecule has 1 N–H and O–H groups in total. The van der Waals surface area contributed by atoms with Crippen LogP contribution in [-0.2, 0) is 15.0 Å². The minimum absolute atomic E-state index is 0.155. The van der Waals surface area contributed by atoms with Gasteiger partial charge in [-0.15, -0.1) is 0 Å². The van der Waals surface area contributed by atoms with E-state index in [0.717, 1.165) is 43.2 Å². The lowest BCUT2D eigenvalue weighted by atomic mass is 9.47. The van der Waals surface area contributed by atoms with Gasteiger partial charge in [0, 0.05) is 17.5 Å². The summed E-state index contributed by atoms with van der Waals surface area (Å²) >= 11 is 1.53. The van der Waals surface area contributed by atoms with Crippen LogP contribution in [0.15, 0.2) is 120 Å². The van der Waals surface area contributed by atoms with E-state index in [2.05, 4.69) is 34.7 Å². The molecule has 0 radical (unpaired) electrons. The van der Waals surface area contributed by atoms with Gasteiger partial charge in [0.05, 0.1) is 33.2 Å². The average molecular weight is 577 g/mol. The van der Waals surface area contributed by atoms with Crippen molar-refractivity contribution in [1.82, 2.24) is 4.98 Å². The van der Waals surface area contributed by atoms with E-state index in [1.807, 2.05) is 97.2 Å². The molecule has 5 aromatic carbocycles. The number of carbonyl (C=O) groups is 2. The van der Waals surface area contributed by atoms with Gasteiger partial charge in [-0.3, -0.25) is 15.0 Å². The second-order valence-electron chi connectivity index (χ2n) is 11.4. The molecule has 7 heteroatoms. The smallest absolute Gasteiger partial charge is 0.239 e. The summed E-state index contributed by atoms with van der Waals surface area (Å²) in [6, 6.07) is 38.1. The van der Waals surface area contributed by atoms with E-state index in [-0.39, 0.29) is 17.7 Å². The number of amides is 2. The van der Waals surface area contributed by atoms with Gasteiger partial charge in [0.15, 0.2) is 0 Å². The molecule has 1 saturated heterocycles. The molecule has 2 atom stereocenters. The molecule has 6 nitrogen and oxygen atoms in total. The lowest BCUT2D eigenvalue weighted by molar-refractivity contribution is -0.122. The van der Waals surface area contributed by atoms with E-state index in [9.17, 15) is 9.59 Å². The number of fused-ring (bicyclic) bond motifs is 2. The molecule has 206 valence electrons. The Hall–Kier alpha value is -5.14. The summed E-state index contributed by atoms with van der Waals surface area (Å²) in [5.41, 5.74) is 7.96. The number of benzene rings is 5. The number of para-hydroxylation sites is 1. The Bertz CT molecular complexity index is 2080. The van der Waals surface area contributed by atoms with Gasteiger partial charge in [-0.05, 0) is 45.8 Å². The maximum Gasteiger partial charge on any atom is 0.239 e. The maximum atomic E-state index is 14.8. The summed E-state index contributed by atoms with van der Waals surface area (Å²) in [6.45, 7) is 0. The van der Waals surface area contributed by atoms with E-state index < -0.39 is 17.3 Å². The molecule has 1 fully saturated rings. The highest BCUT2D eigenvalue weighted by atomic mass is 32.1. The fraction of sp³-hybridized carbons (Fsp3) is 0.111. The van der Waals surface area contributed by atoms with Gasteiger partial charge in [-0.25, -0.2) is 9.88 Å². The van der Waals surface area contributed by atoms with Gasteiger partial charge in [-0.1, -0.05) is 108 Å². The topological polar surface area (TPSA) is 74.7 Å². The largest absolute Gasteiger partial charge is 0.274 e. The predicted molar refractivity (Wildman–Crippen MR) is 171 cm³/mol. The second-order valence-corrected chi connectivity index (χ2v) is 12.4. The number of thiazole rings is 1. The SMILES string of the molecule is O=C1[C@@H]2[C@@H](C(=O)N1c1cccc3ccccc13)C1c3ccccc3C2(/C=N\Nc2nc3ccccc3s2)c2ccccc21. The summed E-state index contributed by atoms with van der Waals surface area (Å²) in [4.78, 5) is 35.5. The van der Waals surface area contributed by atoms with Crippen molar-refractivity contribution in [2.45, 2.75) is 11.3 Å². The van der Waals surface area contributed by atoms with Crippen LogP contribution in [0.3, 0.4) is 0 Å². The molecule has 2 amide bonds. The Morgan fingerprint density at radius 2 is 1.44 bits per heavy atom. The van der Waals surface area contributed by atoms with Gasteiger partial charge in [0.25, 0.3) is 0 Å². The van der Waals surface area contributed by atoms with Gasteiger partial charge in [0.1, 0.15) is 0 Å². The van der Waals surface area contributed by atoms with Crippen molar-refractivity contribution in [3.63, 3.8) is 0 Å². The monoisotopic (exact) mass is 576 g/mol. The Morgan fingerprint density at radius 3 is 2.23 bits per heavy atom. The zero-order chi connectivity index (χ0) is 28.7. The molecule has 0 saturated carbocycles. The van der Waals surface area contributed by atoms with E-state index in [1.54, 1.807) is 0 Å². The Labute approximate surface area is 251 Å². The predicted octanol–water partition coefficient (Wildman–Crippen LogP) is 7.10. The Balaban J connectivity index is 1.25. The highest BCUT2D eigenvalue weighted by molar-refractivity contribution is 7.22. The first kappa shape index (κ1) is 24.5. The first-order valence-corrected chi connectivity index (χ1v) is 15.2. The highest BCUT2D eigenvalue weighted by Crippen LogP contribution is 2.63. The molecule has 43 heavy (non-hydrogen) atoms. The van der Waals surface area contributed by atoms with Crippen molar-refractivity contribution in [2.24, 2.45) is 16.9 Å². The van der Waals surface area contributed by atoms with Gasteiger partial charge in [-0.2, -0.15) is 5.10 Å². The van der Waals surface area contributed by atoms with Crippen molar-refractivity contribution in [2.75, 3.05) is 10.3 Å². The fourth-order valence-electron chi connectivity index (χ4n) is 7.80. The number of nitrogens with one attached hydrogen (secondary N) is 1. The molecule has 10 rings (SSSR count). The van der Waals surface area contributed by atoms with Crippen LogP contribution in [0.4, 0.5) is 10.8 Å². The van der Waals surface area contributed by atoms with Crippen LogP contribution >= 0.6 is 11.3 Å². The number of hydrogen-bond donors (Lipinski definition) is 1. The molecular weight excluding hydrogens is 552 g/mol. The van der Waals surface area contributed by atoms with Crippen molar-refractivity contribution in [1.29, 1.82) is 0 Å². The average Bonchev–Trinajstić information content (AvgIpc) is 3.59. The molecule has 3 aliphatic carbocycles. The summed E-state index contributed by atoms with van der Waals surface area (Å²) in [5, 5.41) is 7.32. The van der Waals surface area contributed by atoms with Crippen LogP contribution in [0.2, 0.25) is 0 Å². The second kappa shape index (κ2) is 8.93. The van der Waals surface area contributed by atoms with Crippen LogP contribution in [0.25, 0.3) is 21.0 Å². The minimum atomic E-state index is -0.942. The molecule has 1 aliphatic heterocycles. The zero-order valence-corrected chi connectivity index (χ0v) is 23.7. The first-order chi connectivity index (χ1) is 21.2. The summed E-state index contributed by atoms with van der Waals surface area (Å²) < 4.78 is 1.06. The van der Waals surface area contributed by atoms with Crippen LogP contribution in [-0.4, -0.2) is 23.0 Å². The minimum Gasteiger partial charge on any atom is -0.274 e. The maximum absolute atomic E-state index is 14.8. The number of nitrogens with zero attached hydrogens (tertiary/aromatic N) is 3. The number of anilines is 2. The van der Waals surface area contributed by atoms with Gasteiger partial charge < -0.3 is 0 Å². The van der Waals surface area contributed by atoms with Crippen LogP contribution in [0, 0.1) is 11.8 Å². The molecule has 0 spiro atoms. The quantitative estimate of drug-likeness (QED) is 0.138. The van der Waals surface area contributed by atoms with E-state index in [1.165, 1.54) is 16.2 Å². The third-order valence-electron chi connectivity index (χ3n) is 9.41. The Kier molecular flexibility index (Phi) is 5.08. The summed E-state index contributed by atoms with van der Waals surface area (Å²) in [6.07, 6.45) is 1.86. The van der Waals surface area contributed by atoms with E-state index in [0.29, 0.717) is 10.8 Å². The normalized spacial score (nSPS) is 23.6. The Morgan fingerprint density at radius 1 is 0.767 bits per heavy atom. The van der Waals surface area contributed by atoms with Crippen molar-refractivity contribution in [3.8, 4) is 0 Å². The standard InChI is InChI=1S/C36H24N4O2S/c41-33-31-30-23-13-3-5-15-25(23)36(26-16-6-4-14-24(26)30,20-37-39-35-38-27-17-7-8-19-29(27)43-35)32(31)34(42)40(33)28-18-9-11-21-10-1-2-12-22(21)28/h1-20,30-32H,(H,38,39)/b37-20-/t30?,31-,32-,36?/m0/s1. The van der Waals surface area contributed by atoms with Gasteiger partial charge >= 0.3 is 0 Å². The molecule has 4 aliphatic rings. The van der Waals surface area contributed by atoms with Gasteiger partial charge in [0.2, 0.25) is 16.9 Å². The molecule has 0 unspecified atom stereocenters.